The SMILES string of the molecule is CN(C)C1(c2ccccc2)CCC(C(N)C(N)=O)CC1. The smallest absolute Gasteiger partial charge is 0.234 e. The van der Waals surface area contributed by atoms with Crippen LogP contribution < -0.4 is 11.5 Å². The molecule has 1 fully saturated rings. The van der Waals surface area contributed by atoms with Gasteiger partial charge in [-0.25, -0.2) is 0 Å². The maximum absolute atomic E-state index is 11.3. The highest BCUT2D eigenvalue weighted by Crippen LogP contribution is 2.43. The molecule has 0 saturated heterocycles. The van der Waals surface area contributed by atoms with Crippen molar-refractivity contribution in [1.29, 1.82) is 0 Å². The summed E-state index contributed by atoms with van der Waals surface area (Å²) in [6.07, 6.45) is 3.90. The lowest BCUT2D eigenvalue weighted by Crippen LogP contribution is -2.49. The van der Waals surface area contributed by atoms with Crippen molar-refractivity contribution in [2.24, 2.45) is 17.4 Å². The zero-order valence-electron chi connectivity index (χ0n) is 12.4. The summed E-state index contributed by atoms with van der Waals surface area (Å²) in [6, 6.07) is 10.1. The van der Waals surface area contributed by atoms with Crippen molar-refractivity contribution in [3.8, 4) is 0 Å². The highest BCUT2D eigenvalue weighted by molar-refractivity contribution is 5.79. The van der Waals surface area contributed by atoms with Crippen LogP contribution in [0.4, 0.5) is 0 Å². The Labute approximate surface area is 121 Å². The van der Waals surface area contributed by atoms with Crippen LogP contribution in [-0.2, 0) is 10.3 Å². The molecular weight excluding hydrogens is 250 g/mol. The number of amides is 1. The van der Waals surface area contributed by atoms with Crippen LogP contribution in [0.5, 0.6) is 0 Å². The van der Waals surface area contributed by atoms with Crippen LogP contribution in [-0.4, -0.2) is 30.9 Å². The number of primary amides is 1. The highest BCUT2D eigenvalue weighted by atomic mass is 16.1. The van der Waals surface area contributed by atoms with Gasteiger partial charge in [-0.15, -0.1) is 0 Å². The van der Waals surface area contributed by atoms with E-state index in [0.29, 0.717) is 0 Å². The minimum atomic E-state index is -0.508. The molecule has 110 valence electrons. The molecule has 0 spiro atoms. The molecule has 2 rings (SSSR count). The molecule has 4 N–H and O–H groups in total. The van der Waals surface area contributed by atoms with Gasteiger partial charge in [-0.1, -0.05) is 30.3 Å². The van der Waals surface area contributed by atoms with Crippen LogP contribution in [0.3, 0.4) is 0 Å². The number of carbonyl (C=O) groups excluding carboxylic acids is 1. The van der Waals surface area contributed by atoms with Gasteiger partial charge in [-0.3, -0.25) is 9.69 Å². The highest BCUT2D eigenvalue weighted by Gasteiger charge is 2.40. The summed E-state index contributed by atoms with van der Waals surface area (Å²) in [7, 11) is 4.25. The number of carbonyl (C=O) groups is 1. The lowest BCUT2D eigenvalue weighted by molar-refractivity contribution is -0.121. The van der Waals surface area contributed by atoms with Gasteiger partial charge in [0.05, 0.1) is 6.04 Å². The molecule has 1 atom stereocenters. The first-order valence-electron chi connectivity index (χ1n) is 7.25. The maximum Gasteiger partial charge on any atom is 0.234 e. The fourth-order valence-electron chi connectivity index (χ4n) is 3.45. The lowest BCUT2D eigenvalue weighted by Gasteiger charge is -2.46. The zero-order chi connectivity index (χ0) is 14.8. The van der Waals surface area contributed by atoms with Gasteiger partial charge in [0.15, 0.2) is 0 Å². The molecule has 0 radical (unpaired) electrons. The third-order valence-electron chi connectivity index (χ3n) is 4.86. The van der Waals surface area contributed by atoms with Crippen LogP contribution >= 0.6 is 0 Å². The van der Waals surface area contributed by atoms with Crippen LogP contribution in [0, 0.1) is 5.92 Å². The third kappa shape index (κ3) is 2.72. The lowest BCUT2D eigenvalue weighted by atomic mass is 9.70. The van der Waals surface area contributed by atoms with Crippen molar-refractivity contribution in [2.75, 3.05) is 14.1 Å². The summed E-state index contributed by atoms with van der Waals surface area (Å²) in [5.41, 5.74) is 12.6. The molecule has 0 aliphatic heterocycles. The predicted octanol–water partition coefficient (Wildman–Crippen LogP) is 1.45. The number of hydrogen-bond donors (Lipinski definition) is 2. The van der Waals surface area contributed by atoms with Crippen molar-refractivity contribution in [3.63, 3.8) is 0 Å². The van der Waals surface area contributed by atoms with E-state index in [2.05, 4.69) is 43.3 Å². The van der Waals surface area contributed by atoms with Gasteiger partial charge in [0, 0.05) is 5.54 Å². The van der Waals surface area contributed by atoms with E-state index in [-0.39, 0.29) is 17.4 Å². The Morgan fingerprint density at radius 1 is 1.25 bits per heavy atom. The van der Waals surface area contributed by atoms with E-state index < -0.39 is 6.04 Å². The molecule has 4 heteroatoms. The first-order valence-corrected chi connectivity index (χ1v) is 7.25. The van der Waals surface area contributed by atoms with Crippen molar-refractivity contribution < 1.29 is 4.79 Å². The number of rotatable bonds is 4. The summed E-state index contributed by atoms with van der Waals surface area (Å²) >= 11 is 0. The molecule has 1 aromatic rings. The summed E-state index contributed by atoms with van der Waals surface area (Å²) in [6.45, 7) is 0. The van der Waals surface area contributed by atoms with E-state index in [1.165, 1.54) is 5.56 Å². The second-order valence-electron chi connectivity index (χ2n) is 6.06. The Kier molecular flexibility index (Phi) is 4.45. The van der Waals surface area contributed by atoms with Gasteiger partial charge < -0.3 is 11.5 Å². The summed E-state index contributed by atoms with van der Waals surface area (Å²) in [4.78, 5) is 13.6. The minimum Gasteiger partial charge on any atom is -0.368 e. The van der Waals surface area contributed by atoms with Crippen LogP contribution in [0.1, 0.15) is 31.2 Å². The molecule has 1 aliphatic carbocycles. The zero-order valence-corrected chi connectivity index (χ0v) is 12.4. The molecule has 1 aliphatic rings. The van der Waals surface area contributed by atoms with Crippen LogP contribution in [0.15, 0.2) is 30.3 Å². The number of hydrogen-bond acceptors (Lipinski definition) is 3. The topological polar surface area (TPSA) is 72.3 Å². The van der Waals surface area contributed by atoms with Crippen LogP contribution in [0.2, 0.25) is 0 Å². The number of nitrogens with zero attached hydrogens (tertiary/aromatic N) is 1. The fourth-order valence-corrected chi connectivity index (χ4v) is 3.45. The molecule has 1 saturated carbocycles. The monoisotopic (exact) mass is 275 g/mol. The molecular formula is C16H25N3O. The molecule has 4 nitrogen and oxygen atoms in total. The Morgan fingerprint density at radius 2 is 1.80 bits per heavy atom. The predicted molar refractivity (Wildman–Crippen MR) is 80.9 cm³/mol. The first-order chi connectivity index (χ1) is 9.47. The van der Waals surface area contributed by atoms with Gasteiger partial charge in [0.25, 0.3) is 0 Å². The molecule has 0 aromatic heterocycles. The average molecular weight is 275 g/mol. The molecule has 0 heterocycles. The minimum absolute atomic E-state index is 0.0507. The fraction of sp³-hybridized carbons (Fsp3) is 0.562. The van der Waals surface area contributed by atoms with Gasteiger partial charge in [-0.2, -0.15) is 0 Å². The van der Waals surface area contributed by atoms with Crippen LogP contribution in [0.25, 0.3) is 0 Å². The molecule has 1 amide bonds. The second-order valence-corrected chi connectivity index (χ2v) is 6.06. The Bertz CT molecular complexity index is 450. The summed E-state index contributed by atoms with van der Waals surface area (Å²) in [5.74, 6) is -0.170. The summed E-state index contributed by atoms with van der Waals surface area (Å²) in [5, 5.41) is 0. The normalized spacial score (nSPS) is 28.3. The van der Waals surface area contributed by atoms with Crippen molar-refractivity contribution in [2.45, 2.75) is 37.3 Å². The van der Waals surface area contributed by atoms with Gasteiger partial charge in [0.2, 0.25) is 5.91 Å². The van der Waals surface area contributed by atoms with Gasteiger partial charge in [-0.05, 0) is 51.3 Å². The van der Waals surface area contributed by atoms with E-state index in [1.807, 2.05) is 6.07 Å². The number of nitrogens with two attached hydrogens (primary N) is 2. The largest absolute Gasteiger partial charge is 0.368 e. The molecule has 1 aromatic carbocycles. The van der Waals surface area contributed by atoms with Gasteiger partial charge in [0.1, 0.15) is 0 Å². The van der Waals surface area contributed by atoms with E-state index >= 15 is 0 Å². The van der Waals surface area contributed by atoms with Crippen molar-refractivity contribution in [1.82, 2.24) is 4.90 Å². The number of benzene rings is 1. The molecule has 20 heavy (non-hydrogen) atoms. The van der Waals surface area contributed by atoms with E-state index in [1.54, 1.807) is 0 Å². The maximum atomic E-state index is 11.3. The van der Waals surface area contributed by atoms with E-state index in [9.17, 15) is 4.79 Å². The first kappa shape index (κ1) is 15.0. The summed E-state index contributed by atoms with van der Waals surface area (Å²) < 4.78 is 0. The van der Waals surface area contributed by atoms with E-state index in [0.717, 1.165) is 25.7 Å². The average Bonchev–Trinajstić information content (AvgIpc) is 2.47. The molecule has 0 bridgehead atoms. The Balaban J connectivity index is 2.17. The quantitative estimate of drug-likeness (QED) is 0.873. The second kappa shape index (κ2) is 5.94. The standard InChI is InChI=1S/C16H25N3O/c1-19(2)16(13-6-4-3-5-7-13)10-8-12(9-11-16)14(17)15(18)20/h3-7,12,14H,8-11,17H2,1-2H3,(H2,18,20). The Morgan fingerprint density at radius 3 is 2.25 bits per heavy atom. The Hall–Kier alpha value is -1.39. The third-order valence-corrected chi connectivity index (χ3v) is 4.86. The van der Waals surface area contributed by atoms with Gasteiger partial charge >= 0.3 is 0 Å². The van der Waals surface area contributed by atoms with E-state index in [4.69, 9.17) is 11.5 Å². The molecule has 1 unspecified atom stereocenters. The van der Waals surface area contributed by atoms with Crippen molar-refractivity contribution in [3.05, 3.63) is 35.9 Å². The van der Waals surface area contributed by atoms with Crippen molar-refractivity contribution >= 4 is 5.91 Å².